The fourth-order valence-electron chi connectivity index (χ4n) is 2.54. The average Bonchev–Trinajstić information content (AvgIpc) is 3.06. The molecule has 0 atom stereocenters. The van der Waals surface area contributed by atoms with Gasteiger partial charge >= 0.3 is 0 Å². The molecule has 136 valence electrons. The van der Waals surface area contributed by atoms with Crippen LogP contribution in [0.4, 0.5) is 5.69 Å². The van der Waals surface area contributed by atoms with E-state index >= 15 is 0 Å². The predicted molar refractivity (Wildman–Crippen MR) is 95.6 cm³/mol. The van der Waals surface area contributed by atoms with Crippen LogP contribution in [0.3, 0.4) is 0 Å². The third-order valence-corrected chi connectivity index (χ3v) is 4.20. The Morgan fingerprint density at radius 3 is 2.48 bits per heavy atom. The van der Waals surface area contributed by atoms with Crippen LogP contribution in [-0.2, 0) is 24.8 Å². The summed E-state index contributed by atoms with van der Waals surface area (Å²) in [5.74, 6) is -0.383. The Morgan fingerprint density at radius 1 is 1.24 bits per heavy atom. The highest BCUT2D eigenvalue weighted by molar-refractivity contribution is 6.02. The normalized spacial score (nSPS) is 10.8. The molecule has 1 N–H and O–H groups in total. The van der Waals surface area contributed by atoms with E-state index in [9.17, 15) is 9.59 Å². The lowest BCUT2D eigenvalue weighted by Gasteiger charge is -2.10. The summed E-state index contributed by atoms with van der Waals surface area (Å²) in [6.45, 7) is 6.60. The van der Waals surface area contributed by atoms with Crippen molar-refractivity contribution >= 4 is 17.5 Å². The number of hydrogen-bond acceptors (Lipinski definition) is 4. The van der Waals surface area contributed by atoms with Crippen LogP contribution in [0.25, 0.3) is 0 Å². The van der Waals surface area contributed by atoms with Crippen molar-refractivity contribution in [3.05, 3.63) is 28.8 Å². The number of anilines is 1. The summed E-state index contributed by atoms with van der Waals surface area (Å²) < 4.78 is 3.46. The summed E-state index contributed by atoms with van der Waals surface area (Å²) in [6, 6.07) is 0. The lowest BCUT2D eigenvalue weighted by Crippen LogP contribution is -2.24. The maximum atomic E-state index is 12.4. The van der Waals surface area contributed by atoms with Gasteiger partial charge in [0.2, 0.25) is 5.91 Å². The second-order valence-electron chi connectivity index (χ2n) is 6.28. The summed E-state index contributed by atoms with van der Waals surface area (Å²) in [7, 11) is 5.07. The molecule has 0 fully saturated rings. The topological polar surface area (TPSA) is 85.0 Å². The number of amides is 2. The molecular formula is C17H26N6O2. The molecule has 0 saturated heterocycles. The lowest BCUT2D eigenvalue weighted by atomic mass is 10.1. The van der Waals surface area contributed by atoms with Crippen LogP contribution in [-0.4, -0.2) is 50.4 Å². The van der Waals surface area contributed by atoms with E-state index in [-0.39, 0.29) is 17.5 Å². The van der Waals surface area contributed by atoms with E-state index in [4.69, 9.17) is 0 Å². The first-order valence-corrected chi connectivity index (χ1v) is 8.32. The van der Waals surface area contributed by atoms with Gasteiger partial charge in [0.25, 0.3) is 5.91 Å². The molecule has 0 aliphatic heterocycles. The van der Waals surface area contributed by atoms with Gasteiger partial charge in [-0.1, -0.05) is 0 Å². The molecule has 2 aromatic rings. The molecule has 8 nitrogen and oxygen atoms in total. The van der Waals surface area contributed by atoms with Gasteiger partial charge in [0.15, 0.2) is 5.69 Å². The van der Waals surface area contributed by atoms with Gasteiger partial charge in [-0.3, -0.25) is 19.0 Å². The van der Waals surface area contributed by atoms with Gasteiger partial charge in [-0.25, -0.2) is 0 Å². The van der Waals surface area contributed by atoms with Gasteiger partial charge in [0.05, 0.1) is 17.1 Å². The molecule has 8 heteroatoms. The van der Waals surface area contributed by atoms with E-state index in [2.05, 4.69) is 15.5 Å². The predicted octanol–water partition coefficient (Wildman–Crippen LogP) is 1.53. The molecule has 0 aromatic carbocycles. The number of carbonyl (C=O) groups excluding carboxylic acids is 2. The molecule has 2 rings (SSSR count). The van der Waals surface area contributed by atoms with Crippen LogP contribution in [0.5, 0.6) is 0 Å². The molecule has 0 radical (unpaired) electrons. The van der Waals surface area contributed by atoms with Crippen molar-refractivity contribution in [2.24, 2.45) is 7.05 Å². The van der Waals surface area contributed by atoms with Crippen molar-refractivity contribution < 1.29 is 9.59 Å². The molecule has 25 heavy (non-hydrogen) atoms. The molecule has 0 saturated carbocycles. The number of carbonyl (C=O) groups is 2. The Balaban J connectivity index is 2.10. The second kappa shape index (κ2) is 7.50. The molecule has 0 aliphatic rings. The van der Waals surface area contributed by atoms with Crippen LogP contribution in [0.15, 0.2) is 6.20 Å². The highest BCUT2D eigenvalue weighted by atomic mass is 16.2. The summed E-state index contributed by atoms with van der Waals surface area (Å²) >= 11 is 0. The molecule has 2 heterocycles. The zero-order chi connectivity index (χ0) is 18.7. The highest BCUT2D eigenvalue weighted by Crippen LogP contribution is 2.21. The molecule has 2 amide bonds. The summed E-state index contributed by atoms with van der Waals surface area (Å²) in [5, 5.41) is 11.5. The number of aryl methyl sites for hydroxylation is 4. The van der Waals surface area contributed by atoms with Crippen molar-refractivity contribution in [2.75, 3.05) is 19.4 Å². The summed E-state index contributed by atoms with van der Waals surface area (Å²) in [5.41, 5.74) is 3.48. The summed E-state index contributed by atoms with van der Waals surface area (Å²) in [4.78, 5) is 26.1. The first-order chi connectivity index (χ1) is 11.7. The minimum atomic E-state index is -0.237. The Kier molecular flexibility index (Phi) is 5.61. The molecule has 0 aliphatic carbocycles. The number of aromatic nitrogens is 4. The van der Waals surface area contributed by atoms with Crippen molar-refractivity contribution in [3.63, 3.8) is 0 Å². The third kappa shape index (κ3) is 4.07. The first kappa shape index (κ1) is 18.7. The molecule has 0 bridgehead atoms. The summed E-state index contributed by atoms with van der Waals surface area (Å²) in [6.07, 6.45) is 2.90. The van der Waals surface area contributed by atoms with Crippen LogP contribution in [0, 0.1) is 13.8 Å². The monoisotopic (exact) mass is 346 g/mol. The van der Waals surface area contributed by atoms with E-state index in [1.54, 1.807) is 25.8 Å². The first-order valence-electron chi connectivity index (χ1n) is 8.32. The van der Waals surface area contributed by atoms with Gasteiger partial charge in [-0.15, -0.1) is 0 Å². The van der Waals surface area contributed by atoms with Gasteiger partial charge in [-0.2, -0.15) is 10.2 Å². The maximum Gasteiger partial charge on any atom is 0.276 e. The lowest BCUT2D eigenvalue weighted by molar-refractivity contribution is -0.116. The van der Waals surface area contributed by atoms with Crippen LogP contribution in [0.1, 0.15) is 40.8 Å². The Labute approximate surface area is 147 Å². The highest BCUT2D eigenvalue weighted by Gasteiger charge is 2.22. The van der Waals surface area contributed by atoms with Gasteiger partial charge in [-0.05, 0) is 32.8 Å². The quantitative estimate of drug-likeness (QED) is 0.859. The minimum Gasteiger partial charge on any atom is -0.343 e. The van der Waals surface area contributed by atoms with Gasteiger partial charge < -0.3 is 10.2 Å². The Hall–Kier alpha value is -2.64. The van der Waals surface area contributed by atoms with Crippen molar-refractivity contribution in [1.29, 1.82) is 0 Å². The fraction of sp³-hybridized carbons (Fsp3) is 0.529. The maximum absolute atomic E-state index is 12.4. The van der Waals surface area contributed by atoms with Gasteiger partial charge in [0, 0.05) is 40.3 Å². The standard InChI is InChI=1S/C17H26N6O2/c1-7-23-10-13(11(2)19-23)8-9-14(24)18-15-12(3)22(6)20-16(15)17(25)21(4)5/h10H,7-9H2,1-6H3,(H,18,24). The largest absolute Gasteiger partial charge is 0.343 e. The zero-order valence-electron chi connectivity index (χ0n) is 15.8. The number of nitrogens with zero attached hydrogens (tertiary/aromatic N) is 5. The van der Waals surface area contributed by atoms with E-state index in [1.807, 2.05) is 31.6 Å². The van der Waals surface area contributed by atoms with E-state index < -0.39 is 0 Å². The SMILES string of the molecule is CCn1cc(CCC(=O)Nc2c(C(=O)N(C)C)nn(C)c2C)c(C)n1. The van der Waals surface area contributed by atoms with E-state index in [0.29, 0.717) is 18.5 Å². The van der Waals surface area contributed by atoms with Crippen LogP contribution in [0.2, 0.25) is 0 Å². The molecular weight excluding hydrogens is 320 g/mol. The number of rotatable bonds is 6. The van der Waals surface area contributed by atoms with Crippen molar-refractivity contribution in [1.82, 2.24) is 24.5 Å². The molecule has 0 spiro atoms. The molecule has 2 aromatic heterocycles. The Morgan fingerprint density at radius 2 is 1.92 bits per heavy atom. The Bertz CT molecular complexity index is 787. The molecule has 0 unspecified atom stereocenters. The van der Waals surface area contributed by atoms with Crippen molar-refractivity contribution in [3.8, 4) is 0 Å². The third-order valence-electron chi connectivity index (χ3n) is 4.20. The van der Waals surface area contributed by atoms with Gasteiger partial charge in [0.1, 0.15) is 0 Å². The average molecular weight is 346 g/mol. The van der Waals surface area contributed by atoms with E-state index in [1.165, 1.54) is 4.90 Å². The van der Waals surface area contributed by atoms with Crippen LogP contribution < -0.4 is 5.32 Å². The number of nitrogens with one attached hydrogen (secondary N) is 1. The minimum absolute atomic E-state index is 0.146. The van der Waals surface area contributed by atoms with Crippen molar-refractivity contribution in [2.45, 2.75) is 40.2 Å². The second-order valence-corrected chi connectivity index (χ2v) is 6.28. The van der Waals surface area contributed by atoms with E-state index in [0.717, 1.165) is 23.5 Å². The zero-order valence-corrected chi connectivity index (χ0v) is 15.8. The fourth-order valence-corrected chi connectivity index (χ4v) is 2.54. The van der Waals surface area contributed by atoms with Crippen LogP contribution >= 0.6 is 0 Å². The number of hydrogen-bond donors (Lipinski definition) is 1. The smallest absolute Gasteiger partial charge is 0.276 e.